The second-order valence-electron chi connectivity index (χ2n) is 7.77. The van der Waals surface area contributed by atoms with E-state index in [1.807, 2.05) is 32.0 Å². The highest BCUT2D eigenvalue weighted by Gasteiger charge is 2.28. The van der Waals surface area contributed by atoms with Crippen LogP contribution in [0, 0.1) is 5.92 Å². The number of nitrogen functional groups attached to an aromatic ring is 1. The number of hydrogen-bond acceptors (Lipinski definition) is 8. The van der Waals surface area contributed by atoms with Crippen LogP contribution in [0.1, 0.15) is 24.3 Å². The monoisotopic (exact) mass is 528 g/mol. The fourth-order valence-electron chi connectivity index (χ4n) is 3.52. The van der Waals surface area contributed by atoms with Gasteiger partial charge in [0.05, 0.1) is 11.4 Å². The molecule has 32 heavy (non-hydrogen) atoms. The molecule has 2 aromatic rings. The van der Waals surface area contributed by atoms with Crippen LogP contribution in [0.3, 0.4) is 0 Å². The van der Waals surface area contributed by atoms with Gasteiger partial charge in [-0.2, -0.15) is 9.29 Å². The average Bonchev–Trinajstić information content (AvgIpc) is 3.20. The van der Waals surface area contributed by atoms with Gasteiger partial charge in [0, 0.05) is 36.3 Å². The molecule has 3 rings (SSSR count). The van der Waals surface area contributed by atoms with Crippen LogP contribution in [0.2, 0.25) is 0 Å². The molecular formula is C20H29BrN6O4S. The van der Waals surface area contributed by atoms with Gasteiger partial charge in [-0.25, -0.2) is 8.42 Å². The summed E-state index contributed by atoms with van der Waals surface area (Å²) in [5.74, 6) is -0.248. The summed E-state index contributed by atoms with van der Waals surface area (Å²) < 4.78 is 32.7. The van der Waals surface area contributed by atoms with Gasteiger partial charge in [0.25, 0.3) is 11.9 Å². The minimum atomic E-state index is -3.30. The first-order valence-corrected chi connectivity index (χ1v) is 12.8. The lowest BCUT2D eigenvalue weighted by Crippen LogP contribution is -2.50. The molecule has 1 fully saturated rings. The van der Waals surface area contributed by atoms with Gasteiger partial charge in [0.2, 0.25) is 10.0 Å². The first-order chi connectivity index (χ1) is 15.2. The van der Waals surface area contributed by atoms with Crippen LogP contribution in [0.4, 0.5) is 17.4 Å². The van der Waals surface area contributed by atoms with Crippen molar-refractivity contribution in [2.24, 2.45) is 5.92 Å². The van der Waals surface area contributed by atoms with Gasteiger partial charge in [-0.05, 0) is 53.1 Å². The van der Waals surface area contributed by atoms with Crippen molar-refractivity contribution in [2.45, 2.75) is 13.8 Å². The second kappa shape index (κ2) is 10.6. The molecule has 2 heterocycles. The van der Waals surface area contributed by atoms with Crippen LogP contribution in [0.5, 0.6) is 0 Å². The fraction of sp³-hybridized carbons (Fsp3) is 0.500. The van der Waals surface area contributed by atoms with Gasteiger partial charge in [0.1, 0.15) is 6.26 Å². The third-order valence-corrected chi connectivity index (χ3v) is 8.02. The molecular weight excluding hydrogens is 500 g/mol. The van der Waals surface area contributed by atoms with Crippen molar-refractivity contribution in [1.29, 1.82) is 0 Å². The average molecular weight is 529 g/mol. The fourth-order valence-corrected chi connectivity index (χ4v) is 5.64. The zero-order valence-corrected chi connectivity index (χ0v) is 20.6. The number of aromatic nitrogens is 1. The van der Waals surface area contributed by atoms with Gasteiger partial charge in [-0.15, -0.1) is 0 Å². The zero-order valence-electron chi connectivity index (χ0n) is 18.2. The number of rotatable bonds is 9. The van der Waals surface area contributed by atoms with Gasteiger partial charge < -0.3 is 25.7 Å². The molecule has 1 aliphatic heterocycles. The quantitative estimate of drug-likeness (QED) is 0.449. The molecule has 0 radical (unpaired) electrons. The maximum atomic E-state index is 12.8. The van der Waals surface area contributed by atoms with Crippen LogP contribution < -0.4 is 21.3 Å². The van der Waals surface area contributed by atoms with E-state index < -0.39 is 15.9 Å². The number of piperazine rings is 1. The van der Waals surface area contributed by atoms with Crippen molar-refractivity contribution >= 4 is 49.2 Å². The number of nitrogens with two attached hydrogens (primary N) is 1. The molecule has 1 aliphatic rings. The molecule has 12 heteroatoms. The molecule has 0 aliphatic carbocycles. The molecule has 1 amide bonds. The van der Waals surface area contributed by atoms with Crippen LogP contribution in [-0.2, 0) is 10.0 Å². The normalized spacial score (nSPS) is 16.2. The topological polar surface area (TPSA) is 134 Å². The van der Waals surface area contributed by atoms with E-state index in [0.717, 1.165) is 12.2 Å². The largest absolute Gasteiger partial charge is 0.431 e. The lowest BCUT2D eigenvalue weighted by atomic mass is 10.2. The molecule has 4 N–H and O–H groups in total. The van der Waals surface area contributed by atoms with Gasteiger partial charge >= 0.3 is 0 Å². The van der Waals surface area contributed by atoms with Crippen LogP contribution in [-0.4, -0.2) is 68.6 Å². The Labute approximate surface area is 196 Å². The molecule has 0 saturated carbocycles. The molecule has 0 spiro atoms. The number of hydrogen-bond donors (Lipinski definition) is 3. The van der Waals surface area contributed by atoms with E-state index in [4.69, 9.17) is 10.2 Å². The van der Waals surface area contributed by atoms with E-state index in [0.29, 0.717) is 42.9 Å². The maximum absolute atomic E-state index is 12.8. The Morgan fingerprint density at radius 2 is 2.03 bits per heavy atom. The van der Waals surface area contributed by atoms with E-state index in [-0.39, 0.29) is 23.4 Å². The number of sulfonamides is 1. The smallest absolute Gasteiger partial charge is 0.292 e. The number of carbonyl (C=O) groups excluding carboxylic acids is 1. The van der Waals surface area contributed by atoms with Crippen molar-refractivity contribution in [1.82, 2.24) is 14.6 Å². The predicted octanol–water partition coefficient (Wildman–Crippen LogP) is 1.97. The number of anilines is 3. The predicted molar refractivity (Wildman–Crippen MR) is 128 cm³/mol. The van der Waals surface area contributed by atoms with Gasteiger partial charge in [-0.1, -0.05) is 13.8 Å². The van der Waals surface area contributed by atoms with Crippen LogP contribution in [0.15, 0.2) is 33.4 Å². The minimum absolute atomic E-state index is 0.0516. The number of oxazole rings is 1. The summed E-state index contributed by atoms with van der Waals surface area (Å²) in [6.07, 6.45) is 1.20. The highest BCUT2D eigenvalue weighted by Crippen LogP contribution is 2.29. The summed E-state index contributed by atoms with van der Waals surface area (Å²) in [5.41, 5.74) is 6.97. The molecule has 176 valence electrons. The van der Waals surface area contributed by atoms with Gasteiger partial charge in [-0.3, -0.25) is 4.79 Å². The summed E-state index contributed by atoms with van der Waals surface area (Å²) in [5, 5.41) is 5.98. The Kier molecular flexibility index (Phi) is 8.15. The van der Waals surface area contributed by atoms with Crippen molar-refractivity contribution in [3.8, 4) is 0 Å². The van der Waals surface area contributed by atoms with Crippen molar-refractivity contribution in [3.05, 3.63) is 34.6 Å². The zero-order chi connectivity index (χ0) is 23.3. The molecule has 10 nitrogen and oxygen atoms in total. The molecule has 1 saturated heterocycles. The van der Waals surface area contributed by atoms with Crippen molar-refractivity contribution in [3.63, 3.8) is 0 Å². The number of carbonyl (C=O) groups is 1. The molecule has 1 unspecified atom stereocenters. The van der Waals surface area contributed by atoms with Gasteiger partial charge in [0.15, 0.2) is 5.69 Å². The third kappa shape index (κ3) is 6.21. The standard InChI is InChI=1S/C20H29BrN6O4S/c1-3-23-11-14(2)13-32(29,30)27-8-6-26(7-9-27)15-4-5-16(21)17(10-15)24-19(28)18-12-31-20(22)25-18/h4-5,10,12,14,23H,3,6-9,11,13H2,1-2H3,(H2,22,25)(H,24,28). The first kappa shape index (κ1) is 24.5. The third-order valence-electron chi connectivity index (χ3n) is 5.19. The summed E-state index contributed by atoms with van der Waals surface area (Å²) >= 11 is 3.44. The highest BCUT2D eigenvalue weighted by atomic mass is 79.9. The number of amides is 1. The summed E-state index contributed by atoms with van der Waals surface area (Å²) in [6.45, 7) is 7.43. The van der Waals surface area contributed by atoms with E-state index in [1.165, 1.54) is 6.26 Å². The Hall–Kier alpha value is -2.15. The SMILES string of the molecule is CCNCC(C)CS(=O)(=O)N1CCN(c2ccc(Br)c(NC(=O)c3coc(N)n3)c2)CC1. The summed E-state index contributed by atoms with van der Waals surface area (Å²) in [6, 6.07) is 5.53. The Balaban J connectivity index is 1.62. The lowest BCUT2D eigenvalue weighted by Gasteiger charge is -2.36. The Bertz CT molecular complexity index is 1040. The lowest BCUT2D eigenvalue weighted by molar-refractivity contribution is 0.102. The Morgan fingerprint density at radius 1 is 1.31 bits per heavy atom. The highest BCUT2D eigenvalue weighted by molar-refractivity contribution is 9.10. The number of halogens is 1. The molecule has 1 aromatic carbocycles. The molecule has 1 aromatic heterocycles. The number of nitrogens with one attached hydrogen (secondary N) is 2. The molecule has 0 bridgehead atoms. The number of nitrogens with zero attached hydrogens (tertiary/aromatic N) is 3. The van der Waals surface area contributed by atoms with Crippen molar-refractivity contribution < 1.29 is 17.6 Å². The van der Waals surface area contributed by atoms with E-state index in [1.54, 1.807) is 4.31 Å². The second-order valence-corrected chi connectivity index (χ2v) is 10.6. The summed E-state index contributed by atoms with van der Waals surface area (Å²) in [4.78, 5) is 18.3. The summed E-state index contributed by atoms with van der Waals surface area (Å²) in [7, 11) is -3.30. The van der Waals surface area contributed by atoms with E-state index in [9.17, 15) is 13.2 Å². The van der Waals surface area contributed by atoms with Crippen molar-refractivity contribution in [2.75, 3.05) is 61.0 Å². The van der Waals surface area contributed by atoms with Crippen LogP contribution in [0.25, 0.3) is 0 Å². The number of benzene rings is 1. The van der Waals surface area contributed by atoms with E-state index in [2.05, 4.69) is 36.4 Å². The first-order valence-electron chi connectivity index (χ1n) is 10.4. The van der Waals surface area contributed by atoms with E-state index >= 15 is 0 Å². The molecule has 1 atom stereocenters. The Morgan fingerprint density at radius 3 is 2.66 bits per heavy atom. The minimum Gasteiger partial charge on any atom is -0.431 e. The maximum Gasteiger partial charge on any atom is 0.292 e. The van der Waals surface area contributed by atoms with Crippen LogP contribution >= 0.6 is 15.9 Å².